The number of halogens is 1. The van der Waals surface area contributed by atoms with Gasteiger partial charge in [-0.15, -0.1) is 11.8 Å². The molecule has 2 aliphatic rings. The molecule has 1 spiro atoms. The second-order valence-corrected chi connectivity index (χ2v) is 8.80. The zero-order valence-electron chi connectivity index (χ0n) is 15.9. The molecule has 2 saturated heterocycles. The Kier molecular flexibility index (Phi) is 5.15. The van der Waals surface area contributed by atoms with Crippen LogP contribution in [0.4, 0.5) is 4.39 Å². The molecule has 2 aromatic rings. The van der Waals surface area contributed by atoms with Crippen LogP contribution in [0.25, 0.3) is 0 Å². The minimum atomic E-state index is -0.487. The highest BCUT2D eigenvalue weighted by Crippen LogP contribution is 2.44. The van der Waals surface area contributed by atoms with E-state index < -0.39 is 5.82 Å². The molecule has 0 bridgehead atoms. The van der Waals surface area contributed by atoms with Gasteiger partial charge in [-0.2, -0.15) is 0 Å². The number of rotatable bonds is 2. The number of nitrogens with zero attached hydrogens (tertiary/aromatic N) is 2. The largest absolute Gasteiger partial charge is 0.338 e. The summed E-state index contributed by atoms with van der Waals surface area (Å²) < 4.78 is 14.0. The summed E-state index contributed by atoms with van der Waals surface area (Å²) in [6, 6.07) is 13.8. The predicted octanol–water partition coefficient (Wildman–Crippen LogP) is 3.96. The van der Waals surface area contributed by atoms with Crippen molar-refractivity contribution in [2.45, 2.75) is 24.6 Å². The Hall–Kier alpha value is -2.34. The molecular formula is C22H23FN2O2S. The molecule has 0 atom stereocenters. The lowest BCUT2D eigenvalue weighted by molar-refractivity contribution is 0.0495. The first kappa shape index (κ1) is 19.0. The van der Waals surface area contributed by atoms with Gasteiger partial charge in [0.1, 0.15) is 5.82 Å². The molecule has 0 radical (unpaired) electrons. The number of amides is 2. The van der Waals surface area contributed by atoms with E-state index in [0.717, 1.165) is 23.4 Å². The Bertz CT molecular complexity index is 909. The molecular weight excluding hydrogens is 375 g/mol. The van der Waals surface area contributed by atoms with Crippen LogP contribution in [0.5, 0.6) is 0 Å². The van der Waals surface area contributed by atoms with Crippen LogP contribution in [0.3, 0.4) is 0 Å². The molecule has 28 heavy (non-hydrogen) atoms. The number of thioether (sulfide) groups is 1. The smallest absolute Gasteiger partial charge is 0.256 e. The van der Waals surface area contributed by atoms with Gasteiger partial charge >= 0.3 is 0 Å². The fraction of sp³-hybridized carbons (Fsp3) is 0.364. The topological polar surface area (TPSA) is 40.6 Å². The van der Waals surface area contributed by atoms with Gasteiger partial charge in [0.25, 0.3) is 11.8 Å². The monoisotopic (exact) mass is 398 g/mol. The molecule has 4 rings (SSSR count). The molecule has 146 valence electrons. The average molecular weight is 399 g/mol. The number of aryl methyl sites for hydroxylation is 1. The summed E-state index contributed by atoms with van der Waals surface area (Å²) in [4.78, 5) is 29.3. The van der Waals surface area contributed by atoms with Gasteiger partial charge in [-0.25, -0.2) is 4.39 Å². The highest BCUT2D eigenvalue weighted by molar-refractivity contribution is 8.00. The van der Waals surface area contributed by atoms with Crippen molar-refractivity contribution in [3.63, 3.8) is 0 Å². The van der Waals surface area contributed by atoms with Gasteiger partial charge in [-0.3, -0.25) is 9.59 Å². The third kappa shape index (κ3) is 3.30. The fourth-order valence-electron chi connectivity index (χ4n) is 4.13. The van der Waals surface area contributed by atoms with Crippen molar-refractivity contribution in [1.82, 2.24) is 9.80 Å². The van der Waals surface area contributed by atoms with Gasteiger partial charge < -0.3 is 9.80 Å². The third-order valence-electron chi connectivity index (χ3n) is 5.73. The van der Waals surface area contributed by atoms with E-state index in [9.17, 15) is 14.0 Å². The van der Waals surface area contributed by atoms with Gasteiger partial charge in [0, 0.05) is 31.0 Å². The van der Waals surface area contributed by atoms with Crippen molar-refractivity contribution < 1.29 is 14.0 Å². The molecule has 2 heterocycles. The highest BCUT2D eigenvalue weighted by atomic mass is 32.2. The van der Waals surface area contributed by atoms with E-state index >= 15 is 0 Å². The number of benzene rings is 2. The molecule has 0 unspecified atom stereocenters. The van der Waals surface area contributed by atoms with Crippen molar-refractivity contribution in [2.24, 2.45) is 0 Å². The molecule has 0 saturated carbocycles. The van der Waals surface area contributed by atoms with Gasteiger partial charge in [-0.1, -0.05) is 30.3 Å². The molecule has 2 aromatic carbocycles. The van der Waals surface area contributed by atoms with E-state index in [2.05, 4.69) is 0 Å². The first-order chi connectivity index (χ1) is 13.5. The molecule has 0 N–H and O–H groups in total. The van der Waals surface area contributed by atoms with Gasteiger partial charge in [-0.05, 0) is 43.5 Å². The Morgan fingerprint density at radius 2 is 1.57 bits per heavy atom. The molecule has 2 aliphatic heterocycles. The normalized spacial score (nSPS) is 18.5. The predicted molar refractivity (Wildman–Crippen MR) is 109 cm³/mol. The Morgan fingerprint density at radius 1 is 0.929 bits per heavy atom. The van der Waals surface area contributed by atoms with Crippen LogP contribution in [0.2, 0.25) is 0 Å². The Morgan fingerprint density at radius 3 is 2.25 bits per heavy atom. The van der Waals surface area contributed by atoms with Gasteiger partial charge in [0.2, 0.25) is 0 Å². The third-order valence-corrected chi connectivity index (χ3v) is 7.29. The van der Waals surface area contributed by atoms with E-state index in [-0.39, 0.29) is 22.2 Å². The summed E-state index contributed by atoms with van der Waals surface area (Å²) in [5.41, 5.74) is 1.84. The first-order valence-electron chi connectivity index (χ1n) is 9.57. The standard InChI is InChI=1S/C22H23FN2O2S/c1-16-6-2-3-7-17(16)21(27)25-14-15-28-22(25)10-12-24(13-11-22)20(26)18-8-4-5-9-19(18)23/h2-9H,10-15H2,1H3. The molecule has 2 fully saturated rings. The zero-order valence-corrected chi connectivity index (χ0v) is 16.7. The Balaban J connectivity index is 1.50. The summed E-state index contributed by atoms with van der Waals surface area (Å²) in [6.07, 6.45) is 1.41. The fourth-order valence-corrected chi connectivity index (χ4v) is 5.59. The van der Waals surface area contributed by atoms with Gasteiger partial charge in [0.15, 0.2) is 0 Å². The summed E-state index contributed by atoms with van der Waals surface area (Å²) >= 11 is 1.81. The summed E-state index contributed by atoms with van der Waals surface area (Å²) in [5, 5.41) is 0. The van der Waals surface area contributed by atoms with Gasteiger partial charge in [0.05, 0.1) is 10.4 Å². The Labute approximate surface area is 168 Å². The zero-order chi connectivity index (χ0) is 19.7. The van der Waals surface area contributed by atoms with Crippen molar-refractivity contribution in [3.8, 4) is 0 Å². The molecule has 0 aliphatic carbocycles. The van der Waals surface area contributed by atoms with Crippen LogP contribution < -0.4 is 0 Å². The number of carbonyl (C=O) groups excluding carboxylic acids is 2. The van der Waals surface area contributed by atoms with Crippen LogP contribution in [0.15, 0.2) is 48.5 Å². The molecule has 6 heteroatoms. The van der Waals surface area contributed by atoms with Crippen molar-refractivity contribution >= 4 is 23.6 Å². The average Bonchev–Trinajstić information content (AvgIpc) is 3.11. The summed E-state index contributed by atoms with van der Waals surface area (Å²) in [7, 11) is 0. The van der Waals surface area contributed by atoms with E-state index in [4.69, 9.17) is 0 Å². The van der Waals surface area contributed by atoms with Crippen molar-refractivity contribution in [3.05, 3.63) is 71.0 Å². The lowest BCUT2D eigenvalue weighted by atomic mass is 9.99. The number of hydrogen-bond acceptors (Lipinski definition) is 3. The lowest BCUT2D eigenvalue weighted by Crippen LogP contribution is -2.53. The maximum absolute atomic E-state index is 14.0. The molecule has 0 aromatic heterocycles. The second kappa shape index (κ2) is 7.59. The SMILES string of the molecule is Cc1ccccc1C(=O)N1CCSC12CCN(C(=O)c1ccccc1F)CC2. The van der Waals surface area contributed by atoms with Crippen molar-refractivity contribution in [1.29, 1.82) is 0 Å². The maximum Gasteiger partial charge on any atom is 0.256 e. The second-order valence-electron chi connectivity index (χ2n) is 7.34. The van der Waals surface area contributed by atoms with Crippen LogP contribution >= 0.6 is 11.8 Å². The number of likely N-dealkylation sites (tertiary alicyclic amines) is 1. The van der Waals surface area contributed by atoms with E-state index in [1.807, 2.05) is 47.9 Å². The van der Waals surface area contributed by atoms with Crippen molar-refractivity contribution in [2.75, 3.05) is 25.4 Å². The first-order valence-corrected chi connectivity index (χ1v) is 10.6. The maximum atomic E-state index is 14.0. The summed E-state index contributed by atoms with van der Waals surface area (Å²) in [5.74, 6) is 0.211. The molecule has 4 nitrogen and oxygen atoms in total. The van der Waals surface area contributed by atoms with Crippen LogP contribution in [0, 0.1) is 12.7 Å². The summed E-state index contributed by atoms with van der Waals surface area (Å²) in [6.45, 7) is 3.73. The number of piperidine rings is 1. The van der Waals surface area contributed by atoms with Crippen LogP contribution in [-0.4, -0.2) is 51.9 Å². The van der Waals surface area contributed by atoms with E-state index in [0.29, 0.717) is 25.9 Å². The van der Waals surface area contributed by atoms with Crippen LogP contribution in [0.1, 0.15) is 39.1 Å². The molecule has 2 amide bonds. The minimum Gasteiger partial charge on any atom is -0.338 e. The minimum absolute atomic E-state index is 0.0666. The quantitative estimate of drug-likeness (QED) is 0.769. The van der Waals surface area contributed by atoms with E-state index in [1.54, 1.807) is 17.0 Å². The van der Waals surface area contributed by atoms with E-state index in [1.165, 1.54) is 12.1 Å². The number of hydrogen-bond donors (Lipinski definition) is 0. The van der Waals surface area contributed by atoms with Crippen LogP contribution in [-0.2, 0) is 0 Å². The lowest BCUT2D eigenvalue weighted by Gasteiger charge is -2.44. The highest BCUT2D eigenvalue weighted by Gasteiger charge is 2.47. The number of carbonyl (C=O) groups is 2.